The molecule has 0 saturated heterocycles. The molecule has 0 atom stereocenters. The highest BCUT2D eigenvalue weighted by atomic mass is 16.5. The summed E-state index contributed by atoms with van der Waals surface area (Å²) >= 11 is 0. The number of anilines is 1. The van der Waals surface area contributed by atoms with Crippen LogP contribution in [0.1, 0.15) is 37.4 Å². The minimum absolute atomic E-state index is 0.210. The largest absolute Gasteiger partial charge is 0.423 e. The predicted molar refractivity (Wildman–Crippen MR) is 106 cm³/mol. The molecule has 1 amide bonds. The first-order chi connectivity index (χ1) is 12.9. The number of esters is 1. The molecule has 0 unspecified atom stereocenters. The number of ether oxygens (including phenoxy) is 1. The molecule has 4 nitrogen and oxygen atoms in total. The van der Waals surface area contributed by atoms with Crippen LogP contribution in [0, 0.1) is 20.8 Å². The van der Waals surface area contributed by atoms with E-state index >= 15 is 0 Å². The third-order valence-electron chi connectivity index (χ3n) is 4.24. The summed E-state index contributed by atoms with van der Waals surface area (Å²) in [5.74, 6) is -0.246. The zero-order valence-corrected chi connectivity index (χ0v) is 15.6. The second-order valence-electron chi connectivity index (χ2n) is 6.55. The number of amides is 1. The van der Waals surface area contributed by atoms with Crippen molar-refractivity contribution in [2.24, 2.45) is 0 Å². The molecule has 1 N–H and O–H groups in total. The summed E-state index contributed by atoms with van der Waals surface area (Å²) in [5, 5.41) is 2.90. The van der Waals surface area contributed by atoms with Crippen molar-refractivity contribution >= 4 is 17.6 Å². The lowest BCUT2D eigenvalue weighted by atomic mass is 10.1. The first-order valence-electron chi connectivity index (χ1n) is 8.70. The Bertz CT molecular complexity index is 974. The van der Waals surface area contributed by atoms with Crippen LogP contribution in [0.4, 0.5) is 5.69 Å². The van der Waals surface area contributed by atoms with Crippen molar-refractivity contribution in [3.05, 3.63) is 94.5 Å². The van der Waals surface area contributed by atoms with Crippen LogP contribution >= 0.6 is 0 Å². The highest BCUT2D eigenvalue weighted by Gasteiger charge is 2.11. The smallest absolute Gasteiger partial charge is 0.343 e. The number of rotatable bonds is 4. The zero-order valence-electron chi connectivity index (χ0n) is 15.6. The SMILES string of the molecule is Cc1ccc(C(=O)Oc2ccc(C(=O)Nc3ccc(C)cc3C)cc2)cc1. The molecule has 0 aliphatic carbocycles. The van der Waals surface area contributed by atoms with Gasteiger partial charge in [0.05, 0.1) is 5.56 Å². The Balaban J connectivity index is 1.66. The van der Waals surface area contributed by atoms with E-state index in [1.807, 2.05) is 51.1 Å². The summed E-state index contributed by atoms with van der Waals surface area (Å²) in [5.41, 5.74) is 4.98. The summed E-state index contributed by atoms with van der Waals surface area (Å²) in [4.78, 5) is 24.6. The molecule has 0 saturated carbocycles. The summed E-state index contributed by atoms with van der Waals surface area (Å²) in [6.45, 7) is 5.92. The van der Waals surface area contributed by atoms with Crippen LogP contribution in [0.5, 0.6) is 5.75 Å². The van der Waals surface area contributed by atoms with Crippen LogP contribution in [-0.2, 0) is 0 Å². The Labute approximate surface area is 158 Å². The number of nitrogens with one attached hydrogen (secondary N) is 1. The van der Waals surface area contributed by atoms with Crippen molar-refractivity contribution in [2.45, 2.75) is 20.8 Å². The van der Waals surface area contributed by atoms with Crippen molar-refractivity contribution in [3.8, 4) is 5.75 Å². The second kappa shape index (κ2) is 7.87. The molecule has 4 heteroatoms. The van der Waals surface area contributed by atoms with Crippen LogP contribution in [0.25, 0.3) is 0 Å². The van der Waals surface area contributed by atoms with Crippen LogP contribution in [0.15, 0.2) is 66.7 Å². The van der Waals surface area contributed by atoms with Gasteiger partial charge in [-0.25, -0.2) is 4.79 Å². The fourth-order valence-electron chi connectivity index (χ4n) is 2.68. The van der Waals surface area contributed by atoms with Gasteiger partial charge in [-0.3, -0.25) is 4.79 Å². The van der Waals surface area contributed by atoms with E-state index in [9.17, 15) is 9.59 Å². The lowest BCUT2D eigenvalue weighted by Gasteiger charge is -2.10. The number of carbonyl (C=O) groups is 2. The summed E-state index contributed by atoms with van der Waals surface area (Å²) in [6.07, 6.45) is 0. The van der Waals surface area contributed by atoms with Gasteiger partial charge in [0, 0.05) is 11.3 Å². The molecule has 3 rings (SSSR count). The molecule has 3 aromatic rings. The van der Waals surface area contributed by atoms with E-state index in [-0.39, 0.29) is 5.91 Å². The number of aryl methyl sites for hydroxylation is 3. The fraction of sp³-hybridized carbons (Fsp3) is 0.130. The number of hydrogen-bond donors (Lipinski definition) is 1. The van der Waals surface area contributed by atoms with Crippen molar-refractivity contribution in [1.82, 2.24) is 0 Å². The molecule has 0 fully saturated rings. The Hall–Kier alpha value is -3.40. The van der Waals surface area contributed by atoms with Crippen molar-refractivity contribution in [2.75, 3.05) is 5.32 Å². The van der Waals surface area contributed by atoms with Gasteiger partial charge < -0.3 is 10.1 Å². The van der Waals surface area contributed by atoms with Gasteiger partial charge in [0.15, 0.2) is 0 Å². The number of benzene rings is 3. The van der Waals surface area contributed by atoms with E-state index < -0.39 is 5.97 Å². The molecule has 0 heterocycles. The van der Waals surface area contributed by atoms with Crippen molar-refractivity contribution in [3.63, 3.8) is 0 Å². The third-order valence-corrected chi connectivity index (χ3v) is 4.24. The first-order valence-corrected chi connectivity index (χ1v) is 8.70. The molecule has 0 aliphatic heterocycles. The molecule has 136 valence electrons. The van der Waals surface area contributed by atoms with Crippen LogP contribution in [0.2, 0.25) is 0 Å². The van der Waals surface area contributed by atoms with E-state index in [4.69, 9.17) is 4.74 Å². The Kier molecular flexibility index (Phi) is 5.36. The van der Waals surface area contributed by atoms with Gasteiger partial charge in [0.1, 0.15) is 5.75 Å². The average Bonchev–Trinajstić information content (AvgIpc) is 2.65. The maximum absolute atomic E-state index is 12.4. The van der Waals surface area contributed by atoms with Gasteiger partial charge in [-0.15, -0.1) is 0 Å². The van der Waals surface area contributed by atoms with Gasteiger partial charge in [0.25, 0.3) is 5.91 Å². The van der Waals surface area contributed by atoms with Gasteiger partial charge >= 0.3 is 5.97 Å². The molecule has 0 bridgehead atoms. The standard InChI is InChI=1S/C23H21NO3/c1-15-4-7-19(8-5-15)23(26)27-20-11-9-18(10-12-20)22(25)24-21-13-6-16(2)14-17(21)3/h4-14H,1-3H3,(H,24,25). The molecule has 27 heavy (non-hydrogen) atoms. The quantitative estimate of drug-likeness (QED) is 0.522. The predicted octanol–water partition coefficient (Wildman–Crippen LogP) is 5.08. The Morgan fingerprint density at radius 3 is 1.96 bits per heavy atom. The van der Waals surface area contributed by atoms with Crippen molar-refractivity contribution < 1.29 is 14.3 Å². The van der Waals surface area contributed by atoms with Crippen LogP contribution in [0.3, 0.4) is 0 Å². The molecular formula is C23H21NO3. The van der Waals surface area contributed by atoms with Crippen molar-refractivity contribution in [1.29, 1.82) is 0 Å². The molecular weight excluding hydrogens is 338 g/mol. The summed E-state index contributed by atoms with van der Waals surface area (Å²) in [7, 11) is 0. The van der Waals surface area contributed by atoms with E-state index in [0.29, 0.717) is 16.9 Å². The van der Waals surface area contributed by atoms with Crippen LogP contribution in [-0.4, -0.2) is 11.9 Å². The van der Waals surface area contributed by atoms with E-state index in [1.54, 1.807) is 36.4 Å². The lowest BCUT2D eigenvalue weighted by Crippen LogP contribution is -2.13. The minimum Gasteiger partial charge on any atom is -0.423 e. The monoisotopic (exact) mass is 359 g/mol. The molecule has 3 aromatic carbocycles. The maximum Gasteiger partial charge on any atom is 0.343 e. The molecule has 0 aromatic heterocycles. The second-order valence-corrected chi connectivity index (χ2v) is 6.55. The third kappa shape index (κ3) is 4.61. The van der Waals surface area contributed by atoms with Gasteiger partial charge in [-0.05, 0) is 68.8 Å². The minimum atomic E-state index is -0.428. The average molecular weight is 359 g/mol. The molecule has 0 radical (unpaired) electrons. The van der Waals surface area contributed by atoms with E-state index in [2.05, 4.69) is 5.32 Å². The topological polar surface area (TPSA) is 55.4 Å². The molecule has 0 aliphatic rings. The first kappa shape index (κ1) is 18.4. The fourth-order valence-corrected chi connectivity index (χ4v) is 2.68. The highest BCUT2D eigenvalue weighted by molar-refractivity contribution is 6.04. The lowest BCUT2D eigenvalue weighted by molar-refractivity contribution is 0.0734. The number of hydrogen-bond acceptors (Lipinski definition) is 3. The van der Waals surface area contributed by atoms with Gasteiger partial charge in [-0.1, -0.05) is 35.4 Å². The molecule has 0 spiro atoms. The van der Waals surface area contributed by atoms with E-state index in [1.165, 1.54) is 0 Å². The van der Waals surface area contributed by atoms with Crippen LogP contribution < -0.4 is 10.1 Å². The normalized spacial score (nSPS) is 10.3. The Morgan fingerprint density at radius 1 is 0.741 bits per heavy atom. The maximum atomic E-state index is 12.4. The number of carbonyl (C=O) groups excluding carboxylic acids is 2. The highest BCUT2D eigenvalue weighted by Crippen LogP contribution is 2.19. The van der Waals surface area contributed by atoms with E-state index in [0.717, 1.165) is 22.4 Å². The summed E-state index contributed by atoms with van der Waals surface area (Å²) in [6, 6.07) is 19.5. The summed E-state index contributed by atoms with van der Waals surface area (Å²) < 4.78 is 5.35. The van der Waals surface area contributed by atoms with Gasteiger partial charge in [0.2, 0.25) is 0 Å². The zero-order chi connectivity index (χ0) is 19.4. The Morgan fingerprint density at radius 2 is 1.33 bits per heavy atom. The van der Waals surface area contributed by atoms with Gasteiger partial charge in [-0.2, -0.15) is 0 Å².